The van der Waals surface area contributed by atoms with Crippen LogP contribution in [0.25, 0.3) is 11.4 Å². The van der Waals surface area contributed by atoms with Crippen molar-refractivity contribution in [3.8, 4) is 17.1 Å². The molecule has 3 aromatic carbocycles. The number of aromatic nitrogens is 2. The molecule has 1 atom stereocenters. The van der Waals surface area contributed by atoms with E-state index in [0.717, 1.165) is 29.8 Å². The highest BCUT2D eigenvalue weighted by molar-refractivity contribution is 5.56. The summed E-state index contributed by atoms with van der Waals surface area (Å²) in [5.41, 5.74) is 4.81. The van der Waals surface area contributed by atoms with E-state index in [-0.39, 0.29) is 0 Å². The molecule has 0 aliphatic rings. The van der Waals surface area contributed by atoms with E-state index in [1.54, 1.807) is 12.3 Å². The Labute approximate surface area is 159 Å². The van der Waals surface area contributed by atoms with Gasteiger partial charge in [0.15, 0.2) is 0 Å². The Balaban J connectivity index is 1.67. The predicted molar refractivity (Wildman–Crippen MR) is 109 cm³/mol. The van der Waals surface area contributed by atoms with Gasteiger partial charge < -0.3 is 10.1 Å². The van der Waals surface area contributed by atoms with Gasteiger partial charge >= 0.3 is 0 Å². The number of aromatic amines is 1. The second-order valence-electron chi connectivity index (χ2n) is 6.82. The molecule has 0 spiro atoms. The van der Waals surface area contributed by atoms with Crippen molar-refractivity contribution in [1.82, 2.24) is 9.97 Å². The lowest BCUT2D eigenvalue weighted by Crippen LogP contribution is -2.07. The quantitative estimate of drug-likeness (QED) is 0.490. The standard InChI is InChI=1S/C24H22N2O/c27-23-11-4-8-19(16-23)15-22(14-18-6-2-1-3-7-18)20-9-5-10-21(17-20)24-25-12-13-26-24/h1-13,16-17,22,27H,14-15H2,(H,25,26). The third-order valence-electron chi connectivity index (χ3n) is 4.85. The maximum atomic E-state index is 9.84. The maximum Gasteiger partial charge on any atom is 0.137 e. The minimum Gasteiger partial charge on any atom is -0.508 e. The second-order valence-corrected chi connectivity index (χ2v) is 6.82. The van der Waals surface area contributed by atoms with Crippen LogP contribution in [0.4, 0.5) is 0 Å². The Morgan fingerprint density at radius 3 is 2.37 bits per heavy atom. The van der Waals surface area contributed by atoms with Crippen molar-refractivity contribution in [2.75, 3.05) is 0 Å². The molecule has 0 fully saturated rings. The molecule has 27 heavy (non-hydrogen) atoms. The number of phenols is 1. The molecule has 3 nitrogen and oxygen atoms in total. The Morgan fingerprint density at radius 2 is 1.59 bits per heavy atom. The van der Waals surface area contributed by atoms with Crippen LogP contribution in [0.3, 0.4) is 0 Å². The zero-order valence-corrected chi connectivity index (χ0v) is 15.0. The molecular weight excluding hydrogens is 332 g/mol. The van der Waals surface area contributed by atoms with Gasteiger partial charge in [0.1, 0.15) is 11.6 Å². The SMILES string of the molecule is Oc1cccc(CC(Cc2ccccc2)c2cccc(-c3ncc[nH]3)c2)c1. The third kappa shape index (κ3) is 4.26. The van der Waals surface area contributed by atoms with E-state index >= 15 is 0 Å². The van der Waals surface area contributed by atoms with Crippen molar-refractivity contribution in [3.63, 3.8) is 0 Å². The smallest absolute Gasteiger partial charge is 0.137 e. The van der Waals surface area contributed by atoms with E-state index in [1.807, 2.05) is 24.4 Å². The summed E-state index contributed by atoms with van der Waals surface area (Å²) in [6, 6.07) is 26.7. The topological polar surface area (TPSA) is 48.9 Å². The van der Waals surface area contributed by atoms with Crippen LogP contribution >= 0.6 is 0 Å². The average molecular weight is 354 g/mol. The third-order valence-corrected chi connectivity index (χ3v) is 4.85. The molecule has 0 aliphatic heterocycles. The molecule has 134 valence electrons. The number of hydrogen-bond donors (Lipinski definition) is 2. The largest absolute Gasteiger partial charge is 0.508 e. The summed E-state index contributed by atoms with van der Waals surface area (Å²) >= 11 is 0. The van der Waals surface area contributed by atoms with Crippen molar-refractivity contribution in [3.05, 3.63) is 108 Å². The van der Waals surface area contributed by atoms with Gasteiger partial charge in [0.05, 0.1) is 0 Å². The normalized spacial score (nSPS) is 12.0. The van der Waals surface area contributed by atoms with Gasteiger partial charge in [0, 0.05) is 18.0 Å². The van der Waals surface area contributed by atoms with E-state index < -0.39 is 0 Å². The molecule has 0 bridgehead atoms. The van der Waals surface area contributed by atoms with Gasteiger partial charge in [-0.2, -0.15) is 0 Å². The van der Waals surface area contributed by atoms with Gasteiger partial charge in [-0.15, -0.1) is 0 Å². The van der Waals surface area contributed by atoms with E-state index in [4.69, 9.17) is 0 Å². The Morgan fingerprint density at radius 1 is 0.815 bits per heavy atom. The first kappa shape index (κ1) is 17.1. The van der Waals surface area contributed by atoms with Crippen molar-refractivity contribution in [1.29, 1.82) is 0 Å². The highest BCUT2D eigenvalue weighted by Crippen LogP contribution is 2.29. The Kier molecular flexibility index (Phi) is 5.01. The summed E-state index contributed by atoms with van der Waals surface area (Å²) < 4.78 is 0. The fourth-order valence-electron chi connectivity index (χ4n) is 3.54. The zero-order chi connectivity index (χ0) is 18.5. The highest BCUT2D eigenvalue weighted by atomic mass is 16.3. The van der Waals surface area contributed by atoms with E-state index in [0.29, 0.717) is 11.7 Å². The van der Waals surface area contributed by atoms with Gasteiger partial charge in [0.2, 0.25) is 0 Å². The zero-order valence-electron chi connectivity index (χ0n) is 15.0. The lowest BCUT2D eigenvalue weighted by atomic mass is 9.86. The molecular formula is C24H22N2O. The lowest BCUT2D eigenvalue weighted by molar-refractivity contribution is 0.474. The molecule has 0 saturated heterocycles. The highest BCUT2D eigenvalue weighted by Gasteiger charge is 2.15. The molecule has 1 unspecified atom stereocenters. The minimum atomic E-state index is 0.309. The fraction of sp³-hybridized carbons (Fsp3) is 0.125. The first-order valence-electron chi connectivity index (χ1n) is 9.19. The minimum absolute atomic E-state index is 0.309. The average Bonchev–Trinajstić information content (AvgIpc) is 3.23. The number of H-pyrrole nitrogens is 1. The van der Waals surface area contributed by atoms with Crippen molar-refractivity contribution >= 4 is 0 Å². The molecule has 2 N–H and O–H groups in total. The van der Waals surface area contributed by atoms with Crippen LogP contribution in [0.2, 0.25) is 0 Å². The Hall–Kier alpha value is -3.33. The molecule has 4 rings (SSSR count). The summed E-state index contributed by atoms with van der Waals surface area (Å²) in [5.74, 6) is 1.51. The molecule has 0 amide bonds. The molecule has 3 heteroatoms. The number of rotatable bonds is 6. The van der Waals surface area contributed by atoms with Gasteiger partial charge in [-0.1, -0.05) is 60.7 Å². The summed E-state index contributed by atoms with van der Waals surface area (Å²) in [7, 11) is 0. The first-order valence-corrected chi connectivity index (χ1v) is 9.19. The fourth-order valence-corrected chi connectivity index (χ4v) is 3.54. The van der Waals surface area contributed by atoms with Crippen LogP contribution in [0, 0.1) is 0 Å². The van der Waals surface area contributed by atoms with E-state index in [9.17, 15) is 5.11 Å². The number of nitrogens with one attached hydrogen (secondary N) is 1. The van der Waals surface area contributed by atoms with Gasteiger partial charge in [-0.3, -0.25) is 0 Å². The van der Waals surface area contributed by atoms with Crippen LogP contribution in [0.1, 0.15) is 22.6 Å². The summed E-state index contributed by atoms with van der Waals surface area (Å²) in [6.07, 6.45) is 5.43. The van der Waals surface area contributed by atoms with Crippen LogP contribution < -0.4 is 0 Å². The second kappa shape index (κ2) is 7.92. The number of phenolic OH excluding ortho intramolecular Hbond substituents is 1. The molecule has 1 aromatic heterocycles. The maximum absolute atomic E-state index is 9.84. The van der Waals surface area contributed by atoms with Crippen molar-refractivity contribution < 1.29 is 5.11 Å². The van der Waals surface area contributed by atoms with Crippen LogP contribution in [0.5, 0.6) is 5.75 Å². The predicted octanol–water partition coefficient (Wildman–Crippen LogP) is 5.35. The van der Waals surface area contributed by atoms with E-state index in [2.05, 4.69) is 64.6 Å². The number of benzene rings is 3. The van der Waals surface area contributed by atoms with Crippen LogP contribution in [0.15, 0.2) is 91.3 Å². The number of imidazole rings is 1. The summed E-state index contributed by atoms with van der Waals surface area (Å²) in [6.45, 7) is 0. The van der Waals surface area contributed by atoms with Gasteiger partial charge in [-0.25, -0.2) is 4.98 Å². The number of aromatic hydroxyl groups is 1. The number of nitrogens with zero attached hydrogens (tertiary/aromatic N) is 1. The van der Waals surface area contributed by atoms with Crippen molar-refractivity contribution in [2.45, 2.75) is 18.8 Å². The van der Waals surface area contributed by atoms with Crippen LogP contribution in [-0.4, -0.2) is 15.1 Å². The lowest BCUT2D eigenvalue weighted by Gasteiger charge is -2.19. The molecule has 0 aliphatic carbocycles. The summed E-state index contributed by atoms with van der Waals surface area (Å²) in [4.78, 5) is 7.56. The molecule has 4 aromatic rings. The number of hydrogen-bond acceptors (Lipinski definition) is 2. The van der Waals surface area contributed by atoms with E-state index in [1.165, 1.54) is 11.1 Å². The van der Waals surface area contributed by atoms with Crippen molar-refractivity contribution in [2.24, 2.45) is 0 Å². The Bertz CT molecular complexity index is 994. The molecule has 1 heterocycles. The first-order chi connectivity index (χ1) is 13.3. The monoisotopic (exact) mass is 354 g/mol. The van der Waals surface area contributed by atoms with Gasteiger partial charge in [0.25, 0.3) is 0 Å². The molecule has 0 radical (unpaired) electrons. The molecule has 0 saturated carbocycles. The van der Waals surface area contributed by atoms with Crippen LogP contribution in [-0.2, 0) is 12.8 Å². The van der Waals surface area contributed by atoms with Gasteiger partial charge in [-0.05, 0) is 53.6 Å². The summed E-state index contributed by atoms with van der Waals surface area (Å²) in [5, 5.41) is 9.84.